The van der Waals surface area contributed by atoms with Gasteiger partial charge in [0, 0.05) is 6.54 Å². The molecule has 1 aliphatic carbocycles. The number of para-hydroxylation sites is 1. The van der Waals surface area contributed by atoms with Gasteiger partial charge in [-0.05, 0) is 49.1 Å². The maximum Gasteiger partial charge on any atom is 0.291 e. The molecule has 7 nitrogen and oxygen atoms in total. The molecule has 0 amide bonds. The summed E-state index contributed by atoms with van der Waals surface area (Å²) in [6.45, 7) is 0.453. The van der Waals surface area contributed by atoms with E-state index in [2.05, 4.69) is 20.4 Å². The summed E-state index contributed by atoms with van der Waals surface area (Å²) in [5, 5.41) is 0.583. The smallest absolute Gasteiger partial charge is 0.291 e. The van der Waals surface area contributed by atoms with Crippen molar-refractivity contribution in [1.29, 1.82) is 0 Å². The van der Waals surface area contributed by atoms with Crippen LogP contribution in [0, 0.1) is 0 Å². The number of hydrogen-bond donors (Lipinski definition) is 0. The Labute approximate surface area is 181 Å². The Kier molecular flexibility index (Phi) is 6.39. The lowest BCUT2D eigenvalue weighted by molar-refractivity contribution is 0.444. The minimum absolute atomic E-state index is 0.0867. The lowest BCUT2D eigenvalue weighted by Gasteiger charge is -2.15. The van der Waals surface area contributed by atoms with Crippen LogP contribution in [0.2, 0.25) is 0 Å². The molecule has 0 bridgehead atoms. The van der Waals surface area contributed by atoms with Gasteiger partial charge >= 0.3 is 0 Å². The van der Waals surface area contributed by atoms with Gasteiger partial charge in [0.25, 0.3) is 15.6 Å². The van der Waals surface area contributed by atoms with Crippen LogP contribution in [0.1, 0.15) is 37.7 Å². The Bertz CT molecular complexity index is 1280. The number of sulfonamides is 1. The number of hydrogen-bond acceptors (Lipinski definition) is 5. The van der Waals surface area contributed by atoms with Crippen LogP contribution in [0.5, 0.6) is 0 Å². The summed E-state index contributed by atoms with van der Waals surface area (Å²) in [7, 11) is -3.82. The van der Waals surface area contributed by atoms with Crippen molar-refractivity contribution < 1.29 is 8.42 Å². The third kappa shape index (κ3) is 5.16. The van der Waals surface area contributed by atoms with Crippen molar-refractivity contribution in [2.24, 2.45) is 9.39 Å². The fourth-order valence-electron chi connectivity index (χ4n) is 3.76. The molecule has 160 valence electrons. The van der Waals surface area contributed by atoms with Gasteiger partial charge in [-0.3, -0.25) is 9.36 Å². The molecule has 0 radical (unpaired) electrons. The molecular formula is C23H24N4O3S. The van der Waals surface area contributed by atoms with Crippen LogP contribution in [-0.2, 0) is 23.0 Å². The van der Waals surface area contributed by atoms with Crippen LogP contribution in [0.25, 0.3) is 10.9 Å². The number of nitrogens with zero attached hydrogens (tertiary/aromatic N) is 4. The molecule has 1 aliphatic rings. The molecule has 0 spiro atoms. The summed E-state index contributed by atoms with van der Waals surface area (Å²) in [6, 6.07) is 16.3. The van der Waals surface area contributed by atoms with E-state index in [0.717, 1.165) is 31.2 Å². The maximum atomic E-state index is 12.6. The zero-order valence-electron chi connectivity index (χ0n) is 17.1. The van der Waals surface area contributed by atoms with E-state index in [1.54, 1.807) is 29.1 Å². The number of benzene rings is 2. The Morgan fingerprint density at radius 1 is 1.03 bits per heavy atom. The Balaban J connectivity index is 1.43. The van der Waals surface area contributed by atoms with E-state index in [-0.39, 0.29) is 16.5 Å². The van der Waals surface area contributed by atoms with Gasteiger partial charge in [0.2, 0.25) is 0 Å². The lowest BCUT2D eigenvalue weighted by atomic mass is 9.96. The second kappa shape index (κ2) is 9.37. The summed E-state index contributed by atoms with van der Waals surface area (Å²) in [5.41, 5.74) is 1.50. The fraction of sp³-hybridized carbons (Fsp3) is 0.348. The van der Waals surface area contributed by atoms with Crippen LogP contribution < -0.4 is 5.56 Å². The van der Waals surface area contributed by atoms with E-state index in [1.807, 2.05) is 18.2 Å². The largest absolute Gasteiger partial charge is 0.298 e. The lowest BCUT2D eigenvalue weighted by Crippen LogP contribution is -2.21. The van der Waals surface area contributed by atoms with Gasteiger partial charge in [0.15, 0.2) is 0 Å². The van der Waals surface area contributed by atoms with Gasteiger partial charge in [-0.15, -0.1) is 0 Å². The van der Waals surface area contributed by atoms with Crippen molar-refractivity contribution in [2.45, 2.75) is 56.0 Å². The number of aromatic nitrogens is 2. The predicted molar refractivity (Wildman–Crippen MR) is 120 cm³/mol. The zero-order valence-corrected chi connectivity index (χ0v) is 18.0. The van der Waals surface area contributed by atoms with Crippen molar-refractivity contribution in [3.05, 3.63) is 70.8 Å². The normalized spacial score (nSPS) is 14.8. The predicted octanol–water partition coefficient (Wildman–Crippen LogP) is 3.83. The van der Waals surface area contributed by atoms with E-state index >= 15 is 0 Å². The van der Waals surface area contributed by atoms with Gasteiger partial charge in [0.05, 0.1) is 28.2 Å². The van der Waals surface area contributed by atoms with Crippen molar-refractivity contribution in [1.82, 2.24) is 9.55 Å². The first-order valence-electron chi connectivity index (χ1n) is 10.5. The number of aliphatic imine (C=N–C) groups is 1. The molecule has 0 aliphatic heterocycles. The van der Waals surface area contributed by atoms with Crippen LogP contribution in [0.15, 0.2) is 73.9 Å². The van der Waals surface area contributed by atoms with Gasteiger partial charge in [-0.1, -0.05) is 47.9 Å². The second-order valence-corrected chi connectivity index (χ2v) is 9.35. The highest BCUT2D eigenvalue weighted by Crippen LogP contribution is 2.20. The number of rotatable bonds is 6. The number of fused-ring (bicyclic) bond motifs is 1. The Morgan fingerprint density at radius 3 is 2.55 bits per heavy atom. The second-order valence-electron chi connectivity index (χ2n) is 7.74. The number of aryl methyl sites for hydroxylation is 2. The van der Waals surface area contributed by atoms with Crippen LogP contribution in [0.3, 0.4) is 0 Å². The van der Waals surface area contributed by atoms with E-state index in [0.29, 0.717) is 23.9 Å². The summed E-state index contributed by atoms with van der Waals surface area (Å²) < 4.78 is 29.9. The first-order valence-corrected chi connectivity index (χ1v) is 11.9. The van der Waals surface area contributed by atoms with Gasteiger partial charge in [0.1, 0.15) is 6.01 Å². The Morgan fingerprint density at radius 2 is 1.77 bits per heavy atom. The molecule has 1 heterocycles. The maximum absolute atomic E-state index is 12.6. The molecule has 2 aromatic carbocycles. The van der Waals surface area contributed by atoms with Crippen LogP contribution in [-0.4, -0.2) is 30.0 Å². The molecule has 8 heteroatoms. The molecule has 0 atom stereocenters. The quantitative estimate of drug-likeness (QED) is 0.549. The van der Waals surface area contributed by atoms with Crippen molar-refractivity contribution in [3.63, 3.8) is 0 Å². The van der Waals surface area contributed by atoms with Crippen LogP contribution >= 0.6 is 0 Å². The molecule has 1 fully saturated rings. The minimum Gasteiger partial charge on any atom is -0.298 e. The summed E-state index contributed by atoms with van der Waals surface area (Å²) in [6.07, 6.45) is 7.49. The van der Waals surface area contributed by atoms with Crippen molar-refractivity contribution in [2.75, 3.05) is 0 Å². The summed E-state index contributed by atoms with van der Waals surface area (Å²) in [4.78, 5) is 21.2. The van der Waals surface area contributed by atoms with Gasteiger partial charge in [-0.25, -0.2) is 9.98 Å². The van der Waals surface area contributed by atoms with E-state index in [1.165, 1.54) is 18.6 Å². The topological polar surface area (TPSA) is 93.8 Å². The van der Waals surface area contributed by atoms with Gasteiger partial charge < -0.3 is 0 Å². The van der Waals surface area contributed by atoms with E-state index in [4.69, 9.17) is 0 Å². The summed E-state index contributed by atoms with van der Waals surface area (Å²) in [5.74, 6) is 0. The average Bonchev–Trinajstić information content (AvgIpc) is 2.80. The monoisotopic (exact) mass is 436 g/mol. The molecule has 3 aromatic rings. The SMILES string of the molecule is O=c1c2ccccc2ncn1CCc1ccc(S(=O)(=O)N=C=NC2CCCCC2)cc1. The van der Waals surface area contributed by atoms with Crippen molar-refractivity contribution in [3.8, 4) is 0 Å². The van der Waals surface area contributed by atoms with E-state index in [9.17, 15) is 13.2 Å². The molecule has 0 saturated heterocycles. The molecule has 0 unspecified atom stereocenters. The average molecular weight is 437 g/mol. The standard InChI is InChI=1S/C23H24N4O3S/c28-23-21-8-4-5-9-22(21)25-17-27(23)15-14-18-10-12-20(13-11-18)31(29,30)26-16-24-19-6-2-1-3-7-19/h4-5,8-13,17,19H,1-3,6-7,14-15H2. The fourth-order valence-corrected chi connectivity index (χ4v) is 4.50. The van der Waals surface area contributed by atoms with E-state index < -0.39 is 10.0 Å². The highest BCUT2D eigenvalue weighted by molar-refractivity contribution is 7.90. The highest BCUT2D eigenvalue weighted by atomic mass is 32.2. The van der Waals surface area contributed by atoms with Crippen molar-refractivity contribution >= 4 is 26.9 Å². The third-order valence-corrected chi connectivity index (χ3v) is 6.76. The zero-order chi connectivity index (χ0) is 21.7. The van der Waals surface area contributed by atoms with Crippen LogP contribution in [0.4, 0.5) is 0 Å². The highest BCUT2D eigenvalue weighted by Gasteiger charge is 2.13. The molecule has 1 saturated carbocycles. The molecule has 4 rings (SSSR count). The first-order chi connectivity index (χ1) is 15.0. The Hall–Kier alpha value is -3.09. The first kappa shape index (κ1) is 21.2. The molecular weight excluding hydrogens is 412 g/mol. The minimum atomic E-state index is -3.82. The molecule has 31 heavy (non-hydrogen) atoms. The molecule has 1 aromatic heterocycles. The molecule has 0 N–H and O–H groups in total. The third-order valence-electron chi connectivity index (χ3n) is 5.57. The van der Waals surface area contributed by atoms with Gasteiger partial charge in [-0.2, -0.15) is 8.42 Å². The summed E-state index contributed by atoms with van der Waals surface area (Å²) >= 11 is 0.